The highest BCUT2D eigenvalue weighted by atomic mass is 16.5. The van der Waals surface area contributed by atoms with Crippen LogP contribution in [-0.4, -0.2) is 42.6 Å². The monoisotopic (exact) mass is 373 g/mol. The predicted molar refractivity (Wildman–Crippen MR) is 106 cm³/mol. The number of hydrogen-bond donors (Lipinski definition) is 2. The number of carbonyl (C=O) groups is 2. The second kappa shape index (κ2) is 9.62. The van der Waals surface area contributed by atoms with E-state index in [0.29, 0.717) is 50.0 Å². The molecule has 6 nitrogen and oxygen atoms in total. The van der Waals surface area contributed by atoms with Crippen LogP contribution in [0.2, 0.25) is 0 Å². The van der Waals surface area contributed by atoms with Crippen LogP contribution in [0.15, 0.2) is 24.3 Å². The lowest BCUT2D eigenvalue weighted by atomic mass is 9.95. The number of nitrogens with one attached hydrogen (secondary N) is 2. The van der Waals surface area contributed by atoms with Crippen molar-refractivity contribution in [2.24, 2.45) is 5.92 Å². The molecule has 2 fully saturated rings. The molecule has 0 spiro atoms. The molecule has 1 saturated heterocycles. The van der Waals surface area contributed by atoms with Gasteiger partial charge in [0.1, 0.15) is 5.75 Å². The zero-order chi connectivity index (χ0) is 19.1. The second-order valence-corrected chi connectivity index (χ2v) is 7.46. The first-order valence-corrected chi connectivity index (χ1v) is 10.3. The Labute approximate surface area is 161 Å². The molecule has 1 aromatic rings. The molecule has 0 radical (unpaired) electrons. The standard InChI is InChI=1S/C21H31N3O3/c1-2-27-19-11-7-6-10-18(19)23-20(25)16-12-14-24(15-13-16)21(26)22-17-8-4-3-5-9-17/h6-7,10-11,16-17H,2-5,8-9,12-15H2,1H3,(H,22,26)(H,23,25). The van der Waals surface area contributed by atoms with Crippen molar-refractivity contribution in [1.29, 1.82) is 0 Å². The van der Waals surface area contributed by atoms with Crippen molar-refractivity contribution in [3.63, 3.8) is 0 Å². The molecule has 1 heterocycles. The lowest BCUT2D eigenvalue weighted by Gasteiger charge is -2.33. The molecule has 1 aliphatic carbocycles. The summed E-state index contributed by atoms with van der Waals surface area (Å²) in [4.78, 5) is 26.9. The number of rotatable bonds is 5. The smallest absolute Gasteiger partial charge is 0.317 e. The topological polar surface area (TPSA) is 70.7 Å². The predicted octanol–water partition coefficient (Wildman–Crippen LogP) is 3.78. The number of benzene rings is 1. The molecule has 148 valence electrons. The summed E-state index contributed by atoms with van der Waals surface area (Å²) in [6.07, 6.45) is 7.25. The number of hydrogen-bond acceptors (Lipinski definition) is 3. The summed E-state index contributed by atoms with van der Waals surface area (Å²) in [5.41, 5.74) is 0.710. The molecule has 27 heavy (non-hydrogen) atoms. The van der Waals surface area contributed by atoms with E-state index < -0.39 is 0 Å². The third kappa shape index (κ3) is 5.37. The molecule has 1 saturated carbocycles. The molecule has 3 rings (SSSR count). The number of ether oxygens (including phenoxy) is 1. The fraction of sp³-hybridized carbons (Fsp3) is 0.619. The molecular weight excluding hydrogens is 342 g/mol. The van der Waals surface area contributed by atoms with Gasteiger partial charge >= 0.3 is 6.03 Å². The lowest BCUT2D eigenvalue weighted by Crippen LogP contribution is -2.49. The Morgan fingerprint density at radius 3 is 2.48 bits per heavy atom. The van der Waals surface area contributed by atoms with Crippen molar-refractivity contribution in [2.75, 3.05) is 25.0 Å². The van der Waals surface area contributed by atoms with Gasteiger partial charge in [0.05, 0.1) is 12.3 Å². The van der Waals surface area contributed by atoms with Crippen LogP contribution in [0.3, 0.4) is 0 Å². The first-order chi connectivity index (χ1) is 13.2. The van der Waals surface area contributed by atoms with Crippen LogP contribution >= 0.6 is 0 Å². The van der Waals surface area contributed by atoms with Gasteiger partial charge in [-0.2, -0.15) is 0 Å². The molecule has 0 atom stereocenters. The molecule has 1 aromatic carbocycles. The van der Waals surface area contributed by atoms with E-state index >= 15 is 0 Å². The fourth-order valence-corrected chi connectivity index (χ4v) is 3.94. The van der Waals surface area contributed by atoms with E-state index in [1.165, 1.54) is 19.3 Å². The number of para-hydroxylation sites is 2. The Balaban J connectivity index is 1.47. The first kappa shape index (κ1) is 19.5. The summed E-state index contributed by atoms with van der Waals surface area (Å²) in [6, 6.07) is 7.85. The van der Waals surface area contributed by atoms with Crippen molar-refractivity contribution in [1.82, 2.24) is 10.2 Å². The minimum absolute atomic E-state index is 0.00879. The molecule has 3 amide bonds. The second-order valence-electron chi connectivity index (χ2n) is 7.46. The summed E-state index contributed by atoms with van der Waals surface area (Å²) in [5.74, 6) is 0.630. The van der Waals surface area contributed by atoms with Gasteiger partial charge in [-0.05, 0) is 44.7 Å². The largest absolute Gasteiger partial charge is 0.492 e. The van der Waals surface area contributed by atoms with Crippen molar-refractivity contribution in [3.05, 3.63) is 24.3 Å². The molecule has 6 heteroatoms. The summed E-state index contributed by atoms with van der Waals surface area (Å²) >= 11 is 0. The average molecular weight is 373 g/mol. The van der Waals surface area contributed by atoms with Crippen LogP contribution in [-0.2, 0) is 4.79 Å². The van der Waals surface area contributed by atoms with Gasteiger partial charge in [0, 0.05) is 25.0 Å². The number of carbonyl (C=O) groups excluding carboxylic acids is 2. The minimum atomic E-state index is -0.0709. The maximum absolute atomic E-state index is 12.6. The van der Waals surface area contributed by atoms with Gasteiger partial charge in [0.2, 0.25) is 5.91 Å². The van der Waals surface area contributed by atoms with Gasteiger partial charge in [-0.25, -0.2) is 4.79 Å². The van der Waals surface area contributed by atoms with Crippen molar-refractivity contribution < 1.29 is 14.3 Å². The Hall–Kier alpha value is -2.24. The third-order valence-electron chi connectivity index (χ3n) is 5.53. The minimum Gasteiger partial charge on any atom is -0.492 e. The normalized spacial score (nSPS) is 18.8. The van der Waals surface area contributed by atoms with Crippen molar-refractivity contribution in [2.45, 2.75) is 57.9 Å². The maximum Gasteiger partial charge on any atom is 0.317 e. The lowest BCUT2D eigenvalue weighted by molar-refractivity contribution is -0.121. The highest BCUT2D eigenvalue weighted by molar-refractivity contribution is 5.94. The van der Waals surface area contributed by atoms with Gasteiger partial charge in [0.25, 0.3) is 0 Å². The van der Waals surface area contributed by atoms with Crippen molar-refractivity contribution >= 4 is 17.6 Å². The molecule has 1 aliphatic heterocycles. The van der Waals surface area contributed by atoms with Crippen LogP contribution in [0.5, 0.6) is 5.75 Å². The number of nitrogens with zero attached hydrogens (tertiary/aromatic N) is 1. The van der Waals surface area contributed by atoms with Gasteiger partial charge in [-0.3, -0.25) is 4.79 Å². The summed E-state index contributed by atoms with van der Waals surface area (Å²) in [7, 11) is 0. The Bertz CT molecular complexity index is 635. The highest BCUT2D eigenvalue weighted by Gasteiger charge is 2.28. The van der Waals surface area contributed by atoms with Crippen LogP contribution in [0.1, 0.15) is 51.9 Å². The maximum atomic E-state index is 12.6. The SMILES string of the molecule is CCOc1ccccc1NC(=O)C1CCN(C(=O)NC2CCCCC2)CC1. The van der Waals surface area contributed by atoms with Crippen LogP contribution < -0.4 is 15.4 Å². The fourth-order valence-electron chi connectivity index (χ4n) is 3.94. The number of likely N-dealkylation sites (tertiary alicyclic amines) is 1. The van der Waals surface area contributed by atoms with Gasteiger partial charge in [-0.1, -0.05) is 31.4 Å². The molecular formula is C21H31N3O3. The number of anilines is 1. The van der Waals surface area contributed by atoms with E-state index in [1.54, 1.807) is 0 Å². The summed E-state index contributed by atoms with van der Waals surface area (Å²) < 4.78 is 5.57. The van der Waals surface area contributed by atoms with E-state index in [2.05, 4.69) is 10.6 Å². The van der Waals surface area contributed by atoms with E-state index in [0.717, 1.165) is 12.8 Å². The summed E-state index contributed by atoms with van der Waals surface area (Å²) in [6.45, 7) is 3.74. The highest BCUT2D eigenvalue weighted by Crippen LogP contribution is 2.26. The van der Waals surface area contributed by atoms with E-state index in [-0.39, 0.29) is 17.9 Å². The molecule has 0 aromatic heterocycles. The van der Waals surface area contributed by atoms with E-state index in [1.807, 2.05) is 36.1 Å². The zero-order valence-corrected chi connectivity index (χ0v) is 16.2. The number of amides is 3. The quantitative estimate of drug-likeness (QED) is 0.825. The Morgan fingerprint density at radius 2 is 1.78 bits per heavy atom. The van der Waals surface area contributed by atoms with Gasteiger partial charge in [-0.15, -0.1) is 0 Å². The Morgan fingerprint density at radius 1 is 1.07 bits per heavy atom. The third-order valence-corrected chi connectivity index (χ3v) is 5.53. The van der Waals surface area contributed by atoms with Crippen LogP contribution in [0, 0.1) is 5.92 Å². The molecule has 0 unspecified atom stereocenters. The van der Waals surface area contributed by atoms with Gasteiger partial charge < -0.3 is 20.3 Å². The zero-order valence-electron chi connectivity index (χ0n) is 16.2. The molecule has 0 bridgehead atoms. The Kier molecular flexibility index (Phi) is 6.96. The van der Waals surface area contributed by atoms with E-state index in [9.17, 15) is 9.59 Å². The molecule has 2 N–H and O–H groups in total. The van der Waals surface area contributed by atoms with Crippen LogP contribution in [0.25, 0.3) is 0 Å². The summed E-state index contributed by atoms with van der Waals surface area (Å²) in [5, 5.41) is 6.16. The molecule has 2 aliphatic rings. The number of piperidine rings is 1. The average Bonchev–Trinajstić information content (AvgIpc) is 2.70. The van der Waals surface area contributed by atoms with Crippen LogP contribution in [0.4, 0.5) is 10.5 Å². The number of urea groups is 1. The van der Waals surface area contributed by atoms with Gasteiger partial charge in [0.15, 0.2) is 0 Å². The first-order valence-electron chi connectivity index (χ1n) is 10.3. The van der Waals surface area contributed by atoms with E-state index in [4.69, 9.17) is 4.74 Å². The van der Waals surface area contributed by atoms with Crippen molar-refractivity contribution in [3.8, 4) is 5.75 Å².